The molecule has 8 nitrogen and oxygen atoms in total. The molecule has 1 saturated heterocycles. The van der Waals surface area contributed by atoms with Crippen LogP contribution in [0, 0.1) is 12.3 Å². The van der Waals surface area contributed by atoms with Gasteiger partial charge >= 0.3 is 12.0 Å². The van der Waals surface area contributed by atoms with E-state index in [4.69, 9.17) is 27.9 Å². The van der Waals surface area contributed by atoms with E-state index in [1.807, 2.05) is 0 Å². The number of benzene rings is 2. The predicted octanol–water partition coefficient (Wildman–Crippen LogP) is 2.72. The summed E-state index contributed by atoms with van der Waals surface area (Å²) >= 11 is 6.01. The Labute approximate surface area is 175 Å². The number of imide groups is 2. The molecule has 0 bridgehead atoms. The number of carbonyl (C=O) groups is 4. The standard InChI is InChI=1S/C21H13ClN2O6/c1-2-9-30-17-8-5-14(22)10-13(17)11-16-18(25)23-21(29)24(19(16)26)15-6-3-12(4-7-15)20(27)28/h1,3-8,10-11H,9H2,(H,27,28)(H,23,25,29)/b16-11+. The number of anilines is 1. The van der Waals surface area contributed by atoms with Gasteiger partial charge in [-0.05, 0) is 48.5 Å². The summed E-state index contributed by atoms with van der Waals surface area (Å²) < 4.78 is 5.40. The Hall–Kier alpha value is -4.09. The first-order valence-corrected chi connectivity index (χ1v) is 8.80. The quantitative estimate of drug-likeness (QED) is 0.433. The zero-order valence-corrected chi connectivity index (χ0v) is 16.0. The lowest BCUT2D eigenvalue weighted by Gasteiger charge is -2.26. The third-order valence-electron chi connectivity index (χ3n) is 4.06. The number of nitrogens with zero attached hydrogens (tertiary/aromatic N) is 1. The molecular weight excluding hydrogens is 412 g/mol. The Kier molecular flexibility index (Phi) is 5.85. The molecule has 2 N–H and O–H groups in total. The van der Waals surface area contributed by atoms with Crippen LogP contribution in [0.2, 0.25) is 5.02 Å². The van der Waals surface area contributed by atoms with Gasteiger partial charge in [-0.1, -0.05) is 17.5 Å². The topological polar surface area (TPSA) is 113 Å². The molecule has 1 heterocycles. The maximum absolute atomic E-state index is 12.9. The number of hydrogen-bond donors (Lipinski definition) is 2. The van der Waals surface area contributed by atoms with Crippen molar-refractivity contribution in [1.82, 2.24) is 5.32 Å². The smallest absolute Gasteiger partial charge is 0.335 e. The van der Waals surface area contributed by atoms with Crippen LogP contribution in [0.1, 0.15) is 15.9 Å². The summed E-state index contributed by atoms with van der Waals surface area (Å²) in [4.78, 5) is 49.2. The number of carbonyl (C=O) groups excluding carboxylic acids is 3. The zero-order valence-electron chi connectivity index (χ0n) is 15.2. The number of carboxylic acid groups (broad SMARTS) is 1. The highest BCUT2D eigenvalue weighted by molar-refractivity contribution is 6.39. The second kappa shape index (κ2) is 8.51. The minimum atomic E-state index is -1.16. The lowest BCUT2D eigenvalue weighted by atomic mass is 10.1. The van der Waals surface area contributed by atoms with Crippen molar-refractivity contribution in [2.24, 2.45) is 0 Å². The van der Waals surface area contributed by atoms with Gasteiger partial charge in [-0.2, -0.15) is 0 Å². The summed E-state index contributed by atoms with van der Waals surface area (Å²) in [5, 5.41) is 11.4. The summed E-state index contributed by atoms with van der Waals surface area (Å²) in [5.41, 5.74) is 0.0389. The number of barbiturate groups is 1. The SMILES string of the molecule is C#CCOc1ccc(Cl)cc1/C=C1\C(=O)NC(=O)N(c2ccc(C(=O)O)cc2)C1=O. The fraction of sp³-hybridized carbons (Fsp3) is 0.0476. The molecule has 0 unspecified atom stereocenters. The second-order valence-electron chi connectivity index (χ2n) is 5.98. The summed E-state index contributed by atoms with van der Waals surface area (Å²) in [6.07, 6.45) is 6.43. The average Bonchev–Trinajstić information content (AvgIpc) is 2.70. The van der Waals surface area contributed by atoms with E-state index in [9.17, 15) is 19.2 Å². The fourth-order valence-corrected chi connectivity index (χ4v) is 2.86. The van der Waals surface area contributed by atoms with Crippen LogP contribution in [0.4, 0.5) is 10.5 Å². The summed E-state index contributed by atoms with van der Waals surface area (Å²) in [7, 11) is 0. The third kappa shape index (κ3) is 4.16. The van der Waals surface area contributed by atoms with Gasteiger partial charge in [-0.15, -0.1) is 6.42 Å². The first-order chi connectivity index (χ1) is 14.3. The number of rotatable bonds is 5. The lowest BCUT2D eigenvalue weighted by molar-refractivity contribution is -0.122. The summed E-state index contributed by atoms with van der Waals surface area (Å²) in [5.74, 6) is -0.350. The molecule has 3 rings (SSSR count). The molecule has 2 aromatic carbocycles. The molecule has 0 atom stereocenters. The van der Waals surface area contributed by atoms with Crippen molar-refractivity contribution in [3.8, 4) is 18.1 Å². The van der Waals surface area contributed by atoms with Gasteiger partial charge in [0, 0.05) is 10.6 Å². The molecule has 1 fully saturated rings. The number of nitrogens with one attached hydrogen (secondary N) is 1. The van der Waals surface area contributed by atoms with Crippen molar-refractivity contribution in [3.63, 3.8) is 0 Å². The van der Waals surface area contributed by atoms with E-state index >= 15 is 0 Å². The molecule has 0 aliphatic carbocycles. The minimum absolute atomic E-state index is 0.0234. The van der Waals surface area contributed by atoms with E-state index < -0.39 is 23.8 Å². The summed E-state index contributed by atoms with van der Waals surface area (Å²) in [6.45, 7) is -0.0432. The number of urea groups is 1. The Morgan fingerprint density at radius 3 is 2.53 bits per heavy atom. The number of halogens is 1. The maximum atomic E-state index is 12.9. The van der Waals surface area contributed by atoms with Crippen LogP contribution in [-0.4, -0.2) is 35.5 Å². The number of terminal acetylenes is 1. The molecule has 9 heteroatoms. The largest absolute Gasteiger partial charge is 0.480 e. The molecule has 0 spiro atoms. The Morgan fingerprint density at radius 2 is 1.90 bits per heavy atom. The van der Waals surface area contributed by atoms with Gasteiger partial charge < -0.3 is 9.84 Å². The summed E-state index contributed by atoms with van der Waals surface area (Å²) in [6, 6.07) is 8.65. The fourth-order valence-electron chi connectivity index (χ4n) is 2.68. The van der Waals surface area contributed by atoms with Crippen molar-refractivity contribution in [2.75, 3.05) is 11.5 Å². The van der Waals surface area contributed by atoms with Crippen LogP contribution in [0.25, 0.3) is 6.08 Å². The van der Waals surface area contributed by atoms with Crippen molar-refractivity contribution in [1.29, 1.82) is 0 Å². The number of carboxylic acids is 1. The predicted molar refractivity (Wildman–Crippen MR) is 108 cm³/mol. The second-order valence-corrected chi connectivity index (χ2v) is 6.42. The van der Waals surface area contributed by atoms with E-state index in [0.717, 1.165) is 4.90 Å². The van der Waals surface area contributed by atoms with Gasteiger partial charge in [0.25, 0.3) is 11.8 Å². The van der Waals surface area contributed by atoms with Gasteiger partial charge in [0.15, 0.2) is 0 Å². The van der Waals surface area contributed by atoms with Crippen LogP contribution in [0.5, 0.6) is 5.75 Å². The first kappa shape index (κ1) is 20.6. The Balaban J connectivity index is 2.02. The minimum Gasteiger partial charge on any atom is -0.480 e. The number of aromatic carboxylic acids is 1. The van der Waals surface area contributed by atoms with E-state index in [-0.39, 0.29) is 23.4 Å². The monoisotopic (exact) mass is 424 g/mol. The highest BCUT2D eigenvalue weighted by Crippen LogP contribution is 2.28. The van der Waals surface area contributed by atoms with Gasteiger partial charge in [0.1, 0.15) is 17.9 Å². The number of hydrogen-bond acceptors (Lipinski definition) is 5. The number of ether oxygens (including phenoxy) is 1. The van der Waals surface area contributed by atoms with E-state index in [2.05, 4.69) is 11.2 Å². The highest BCUT2D eigenvalue weighted by atomic mass is 35.5. The van der Waals surface area contributed by atoms with Crippen LogP contribution in [0.15, 0.2) is 48.0 Å². The average molecular weight is 425 g/mol. The molecule has 1 aliphatic rings. The van der Waals surface area contributed by atoms with Crippen molar-refractivity contribution in [2.45, 2.75) is 0 Å². The van der Waals surface area contributed by atoms with Crippen LogP contribution < -0.4 is 15.0 Å². The molecule has 0 saturated carbocycles. The van der Waals surface area contributed by atoms with Crippen LogP contribution in [0.3, 0.4) is 0 Å². The van der Waals surface area contributed by atoms with E-state index in [1.54, 1.807) is 6.07 Å². The lowest BCUT2D eigenvalue weighted by Crippen LogP contribution is -2.54. The zero-order chi connectivity index (χ0) is 21.8. The molecule has 150 valence electrons. The maximum Gasteiger partial charge on any atom is 0.335 e. The molecule has 1 aliphatic heterocycles. The molecule has 0 aromatic heterocycles. The van der Waals surface area contributed by atoms with Crippen molar-refractivity contribution >= 4 is 47.2 Å². The van der Waals surface area contributed by atoms with E-state index in [0.29, 0.717) is 16.3 Å². The highest BCUT2D eigenvalue weighted by Gasteiger charge is 2.37. The van der Waals surface area contributed by atoms with Crippen LogP contribution >= 0.6 is 11.6 Å². The normalized spacial score (nSPS) is 15.0. The van der Waals surface area contributed by atoms with Crippen molar-refractivity contribution in [3.05, 3.63) is 64.2 Å². The Morgan fingerprint density at radius 1 is 1.20 bits per heavy atom. The van der Waals surface area contributed by atoms with Gasteiger partial charge in [-0.25, -0.2) is 14.5 Å². The molecular formula is C21H13ClN2O6. The van der Waals surface area contributed by atoms with Gasteiger partial charge in [-0.3, -0.25) is 14.9 Å². The third-order valence-corrected chi connectivity index (χ3v) is 4.29. The molecule has 4 amide bonds. The number of amides is 4. The molecule has 0 radical (unpaired) electrons. The van der Waals surface area contributed by atoms with E-state index in [1.165, 1.54) is 42.5 Å². The molecule has 2 aromatic rings. The van der Waals surface area contributed by atoms with Gasteiger partial charge in [0.05, 0.1) is 11.3 Å². The Bertz CT molecular complexity index is 1130. The van der Waals surface area contributed by atoms with Crippen LogP contribution in [-0.2, 0) is 9.59 Å². The molecule has 30 heavy (non-hydrogen) atoms. The van der Waals surface area contributed by atoms with Crippen molar-refractivity contribution < 1.29 is 29.0 Å². The van der Waals surface area contributed by atoms with Gasteiger partial charge in [0.2, 0.25) is 0 Å². The first-order valence-electron chi connectivity index (χ1n) is 8.42.